The van der Waals surface area contributed by atoms with E-state index in [2.05, 4.69) is 30.8 Å². The van der Waals surface area contributed by atoms with Crippen LogP contribution in [0.15, 0.2) is 11.8 Å². The van der Waals surface area contributed by atoms with E-state index in [0.29, 0.717) is 17.9 Å². The SMILES string of the molecule is COC(=O)C(N)C=C(N[C@@H](C=O)CC(=O)O)C1CCCC1C(C)(C)C. The first-order chi connectivity index (χ1) is 11.6. The summed E-state index contributed by atoms with van der Waals surface area (Å²) in [4.78, 5) is 33.9. The zero-order chi connectivity index (χ0) is 19.2. The Balaban J connectivity index is 3.14. The highest BCUT2D eigenvalue weighted by Crippen LogP contribution is 2.46. The zero-order valence-electron chi connectivity index (χ0n) is 15.5. The van der Waals surface area contributed by atoms with Crippen molar-refractivity contribution in [1.29, 1.82) is 0 Å². The summed E-state index contributed by atoms with van der Waals surface area (Å²) in [6.07, 6.45) is 4.77. The van der Waals surface area contributed by atoms with Crippen LogP contribution >= 0.6 is 0 Å². The molecule has 0 aromatic rings. The van der Waals surface area contributed by atoms with Crippen LogP contribution in [0.5, 0.6) is 0 Å². The number of allylic oxidation sites excluding steroid dienone is 1. The van der Waals surface area contributed by atoms with E-state index in [-0.39, 0.29) is 17.8 Å². The van der Waals surface area contributed by atoms with Gasteiger partial charge in [-0.1, -0.05) is 27.2 Å². The Kier molecular flexibility index (Phi) is 7.60. The number of carbonyl (C=O) groups is 3. The van der Waals surface area contributed by atoms with E-state index < -0.39 is 24.0 Å². The topological polar surface area (TPSA) is 119 Å². The Morgan fingerprint density at radius 3 is 2.48 bits per heavy atom. The van der Waals surface area contributed by atoms with E-state index in [4.69, 9.17) is 10.8 Å². The molecule has 1 saturated carbocycles. The van der Waals surface area contributed by atoms with Gasteiger partial charge in [-0.25, -0.2) is 0 Å². The van der Waals surface area contributed by atoms with Crippen LogP contribution in [0, 0.1) is 17.3 Å². The van der Waals surface area contributed by atoms with E-state index in [1.165, 1.54) is 7.11 Å². The average molecular weight is 354 g/mol. The van der Waals surface area contributed by atoms with Crippen molar-refractivity contribution in [2.75, 3.05) is 7.11 Å². The van der Waals surface area contributed by atoms with Crippen LogP contribution in [-0.4, -0.2) is 42.5 Å². The molecule has 25 heavy (non-hydrogen) atoms. The predicted octanol–water partition coefficient (Wildman–Crippen LogP) is 1.46. The van der Waals surface area contributed by atoms with Crippen molar-refractivity contribution in [2.24, 2.45) is 23.0 Å². The number of carbonyl (C=O) groups excluding carboxylic acids is 2. The second-order valence-corrected chi connectivity index (χ2v) is 7.67. The number of ether oxygens (including phenoxy) is 1. The maximum absolute atomic E-state index is 11.7. The fraction of sp³-hybridized carbons (Fsp3) is 0.722. The number of nitrogens with one attached hydrogen (secondary N) is 1. The molecule has 0 amide bonds. The van der Waals surface area contributed by atoms with Crippen LogP contribution in [-0.2, 0) is 19.1 Å². The van der Waals surface area contributed by atoms with Crippen molar-refractivity contribution in [3.63, 3.8) is 0 Å². The Morgan fingerprint density at radius 1 is 1.36 bits per heavy atom. The lowest BCUT2D eigenvalue weighted by molar-refractivity contribution is -0.141. The number of aldehydes is 1. The van der Waals surface area contributed by atoms with Gasteiger partial charge in [0.15, 0.2) is 0 Å². The molecule has 0 aromatic heterocycles. The molecule has 0 saturated heterocycles. The first-order valence-corrected chi connectivity index (χ1v) is 8.58. The minimum atomic E-state index is -1.07. The maximum atomic E-state index is 11.7. The van der Waals surface area contributed by atoms with Gasteiger partial charge in [-0.3, -0.25) is 9.59 Å². The molecule has 0 aromatic carbocycles. The van der Waals surface area contributed by atoms with Gasteiger partial charge in [0.1, 0.15) is 12.3 Å². The second-order valence-electron chi connectivity index (χ2n) is 7.67. The third kappa shape index (κ3) is 6.16. The Hall–Kier alpha value is -1.89. The lowest BCUT2D eigenvalue weighted by atomic mass is 9.73. The summed E-state index contributed by atoms with van der Waals surface area (Å²) in [6.45, 7) is 6.47. The number of esters is 1. The highest BCUT2D eigenvalue weighted by atomic mass is 16.5. The van der Waals surface area contributed by atoms with E-state index in [0.717, 1.165) is 19.3 Å². The van der Waals surface area contributed by atoms with Crippen LogP contribution in [0.1, 0.15) is 46.5 Å². The van der Waals surface area contributed by atoms with Gasteiger partial charge in [0, 0.05) is 11.6 Å². The van der Waals surface area contributed by atoms with Gasteiger partial charge in [-0.2, -0.15) is 0 Å². The normalized spacial score (nSPS) is 23.6. The van der Waals surface area contributed by atoms with E-state index in [9.17, 15) is 14.4 Å². The summed E-state index contributed by atoms with van der Waals surface area (Å²) in [5.41, 5.74) is 6.58. The van der Waals surface area contributed by atoms with E-state index >= 15 is 0 Å². The standard InChI is InChI=1S/C18H30N2O5/c1-18(2,3)13-7-5-6-12(13)15(9-14(19)17(24)25-4)20-11(10-21)8-16(22)23/h9-14,20H,5-8,19H2,1-4H3,(H,22,23)/t11-,12?,13?,14?/m1/s1. The van der Waals surface area contributed by atoms with Crippen LogP contribution in [0.25, 0.3) is 0 Å². The third-order valence-corrected chi connectivity index (χ3v) is 4.77. The Morgan fingerprint density at radius 2 is 2.00 bits per heavy atom. The Labute approximate surface area is 149 Å². The monoisotopic (exact) mass is 354 g/mol. The van der Waals surface area contributed by atoms with Crippen molar-refractivity contribution < 1.29 is 24.2 Å². The van der Waals surface area contributed by atoms with Crippen LogP contribution in [0.2, 0.25) is 0 Å². The molecule has 0 radical (unpaired) electrons. The number of rotatable bonds is 8. The molecule has 7 nitrogen and oxygen atoms in total. The zero-order valence-corrected chi connectivity index (χ0v) is 15.5. The van der Waals surface area contributed by atoms with Gasteiger partial charge in [-0.05, 0) is 30.3 Å². The smallest absolute Gasteiger partial charge is 0.326 e. The minimum absolute atomic E-state index is 0.0424. The number of carboxylic acid groups (broad SMARTS) is 1. The van der Waals surface area contributed by atoms with Crippen LogP contribution in [0.4, 0.5) is 0 Å². The molecule has 0 bridgehead atoms. The first kappa shape index (κ1) is 21.2. The van der Waals surface area contributed by atoms with Gasteiger partial charge in [0.25, 0.3) is 0 Å². The number of hydrogen-bond donors (Lipinski definition) is 3. The molecule has 4 N–H and O–H groups in total. The van der Waals surface area contributed by atoms with Gasteiger partial charge < -0.3 is 25.7 Å². The highest BCUT2D eigenvalue weighted by Gasteiger charge is 2.38. The summed E-state index contributed by atoms with van der Waals surface area (Å²) in [5, 5.41) is 12.0. The molecule has 1 fully saturated rings. The number of aliphatic carboxylic acids is 1. The van der Waals surface area contributed by atoms with Gasteiger partial charge in [0.2, 0.25) is 0 Å². The summed E-state index contributed by atoms with van der Waals surface area (Å²) in [5.74, 6) is -1.22. The lowest BCUT2D eigenvalue weighted by Crippen LogP contribution is -2.39. The summed E-state index contributed by atoms with van der Waals surface area (Å²) >= 11 is 0. The molecule has 0 aliphatic heterocycles. The molecule has 0 spiro atoms. The molecule has 4 atom stereocenters. The minimum Gasteiger partial charge on any atom is -0.481 e. The van der Waals surface area contributed by atoms with E-state index in [1.807, 2.05) is 0 Å². The second kappa shape index (κ2) is 8.99. The van der Waals surface area contributed by atoms with Gasteiger partial charge in [-0.15, -0.1) is 0 Å². The molecule has 1 rings (SSSR count). The van der Waals surface area contributed by atoms with Gasteiger partial charge >= 0.3 is 11.9 Å². The van der Waals surface area contributed by atoms with Crippen LogP contribution in [0.3, 0.4) is 0 Å². The number of methoxy groups -OCH3 is 1. The average Bonchev–Trinajstić information content (AvgIpc) is 3.01. The Bertz CT molecular complexity index is 524. The molecule has 0 heterocycles. The predicted molar refractivity (Wildman–Crippen MR) is 93.6 cm³/mol. The van der Waals surface area contributed by atoms with Crippen molar-refractivity contribution in [1.82, 2.24) is 5.32 Å². The fourth-order valence-electron chi connectivity index (χ4n) is 3.58. The molecular formula is C18H30N2O5. The molecule has 142 valence electrons. The van der Waals surface area contributed by atoms with Crippen LogP contribution < -0.4 is 11.1 Å². The molecular weight excluding hydrogens is 324 g/mol. The molecule has 3 unspecified atom stereocenters. The largest absolute Gasteiger partial charge is 0.481 e. The van der Waals surface area contributed by atoms with Gasteiger partial charge in [0.05, 0.1) is 19.6 Å². The van der Waals surface area contributed by atoms with Crippen molar-refractivity contribution in [2.45, 2.75) is 58.5 Å². The lowest BCUT2D eigenvalue weighted by Gasteiger charge is -2.35. The third-order valence-electron chi connectivity index (χ3n) is 4.77. The quantitative estimate of drug-likeness (QED) is 0.446. The maximum Gasteiger partial charge on any atom is 0.326 e. The van der Waals surface area contributed by atoms with Crippen molar-refractivity contribution in [3.05, 3.63) is 11.8 Å². The van der Waals surface area contributed by atoms with Crippen molar-refractivity contribution >= 4 is 18.2 Å². The summed E-state index contributed by atoms with van der Waals surface area (Å²) in [6, 6.07) is -1.83. The van der Waals surface area contributed by atoms with E-state index in [1.54, 1.807) is 6.08 Å². The van der Waals surface area contributed by atoms with Crippen molar-refractivity contribution in [3.8, 4) is 0 Å². The summed E-state index contributed by atoms with van der Waals surface area (Å²) in [7, 11) is 1.26. The summed E-state index contributed by atoms with van der Waals surface area (Å²) < 4.78 is 4.67. The first-order valence-electron chi connectivity index (χ1n) is 8.58. The number of nitrogens with two attached hydrogens (primary N) is 1. The fourth-order valence-corrected chi connectivity index (χ4v) is 3.58. The highest BCUT2D eigenvalue weighted by molar-refractivity contribution is 5.78. The molecule has 1 aliphatic rings. The number of hydrogen-bond acceptors (Lipinski definition) is 6. The molecule has 1 aliphatic carbocycles. The molecule has 7 heteroatoms. The number of carboxylic acids is 1.